The predicted molar refractivity (Wildman–Crippen MR) is 123 cm³/mol. The summed E-state index contributed by atoms with van der Waals surface area (Å²) >= 11 is 1.60. The molecule has 4 rings (SSSR count). The maximum Gasteiger partial charge on any atom is 0.241 e. The molecule has 6 nitrogen and oxygen atoms in total. The molecule has 164 valence electrons. The van der Waals surface area contributed by atoms with Crippen LogP contribution in [0, 0.1) is 19.8 Å². The van der Waals surface area contributed by atoms with Crippen LogP contribution in [0.15, 0.2) is 40.2 Å². The Morgan fingerprint density at radius 3 is 2.94 bits per heavy atom. The van der Waals surface area contributed by atoms with Crippen molar-refractivity contribution >= 4 is 17.2 Å². The van der Waals surface area contributed by atoms with E-state index in [2.05, 4.69) is 59.3 Å². The molecule has 0 radical (unpaired) electrons. The highest BCUT2D eigenvalue weighted by Crippen LogP contribution is 2.25. The minimum atomic E-state index is -0.0194. The highest BCUT2D eigenvalue weighted by Gasteiger charge is 2.28. The number of aromatic nitrogens is 2. The molecule has 1 saturated heterocycles. The van der Waals surface area contributed by atoms with E-state index >= 15 is 0 Å². The molecule has 7 heteroatoms. The van der Waals surface area contributed by atoms with E-state index < -0.39 is 0 Å². The molecule has 1 N–H and O–H groups in total. The molecule has 0 bridgehead atoms. The monoisotopic (exact) mass is 438 g/mol. The van der Waals surface area contributed by atoms with Crippen LogP contribution in [0.3, 0.4) is 0 Å². The first kappa shape index (κ1) is 21.7. The average molecular weight is 439 g/mol. The van der Waals surface area contributed by atoms with Crippen LogP contribution in [-0.2, 0) is 11.3 Å². The number of rotatable bonds is 7. The maximum atomic E-state index is 13.1. The van der Waals surface area contributed by atoms with Crippen molar-refractivity contribution in [2.45, 2.75) is 52.6 Å². The number of nitrogens with one attached hydrogen (secondary N) is 1. The molecule has 2 aromatic heterocycles. The van der Waals surface area contributed by atoms with Gasteiger partial charge < -0.3 is 9.84 Å². The fourth-order valence-corrected chi connectivity index (χ4v) is 4.77. The Labute approximate surface area is 187 Å². The number of piperidine rings is 1. The van der Waals surface area contributed by atoms with Crippen molar-refractivity contribution in [3.8, 4) is 10.7 Å². The van der Waals surface area contributed by atoms with E-state index in [1.54, 1.807) is 11.3 Å². The number of carbonyl (C=O) groups excluding carboxylic acids is 1. The summed E-state index contributed by atoms with van der Waals surface area (Å²) in [7, 11) is 0. The Morgan fingerprint density at radius 2 is 2.19 bits per heavy atom. The van der Waals surface area contributed by atoms with E-state index in [4.69, 9.17) is 4.52 Å². The molecule has 1 aromatic carbocycles. The van der Waals surface area contributed by atoms with Crippen LogP contribution in [0.4, 0.5) is 0 Å². The number of benzene rings is 1. The Hall–Kier alpha value is -2.51. The van der Waals surface area contributed by atoms with E-state index in [9.17, 15) is 4.79 Å². The summed E-state index contributed by atoms with van der Waals surface area (Å²) < 4.78 is 5.45. The third-order valence-electron chi connectivity index (χ3n) is 6.10. The van der Waals surface area contributed by atoms with Gasteiger partial charge in [-0.05, 0) is 67.8 Å². The number of thiophene rings is 1. The van der Waals surface area contributed by atoms with Gasteiger partial charge >= 0.3 is 0 Å². The van der Waals surface area contributed by atoms with Gasteiger partial charge in [0, 0.05) is 6.54 Å². The van der Waals surface area contributed by atoms with E-state index in [0.29, 0.717) is 24.8 Å². The molecule has 1 aliphatic heterocycles. The third kappa shape index (κ3) is 5.22. The molecule has 0 aliphatic carbocycles. The Kier molecular flexibility index (Phi) is 6.83. The highest BCUT2D eigenvalue weighted by molar-refractivity contribution is 7.13. The van der Waals surface area contributed by atoms with Gasteiger partial charge in [-0.15, -0.1) is 11.3 Å². The number of nitrogens with zero attached hydrogens (tertiary/aromatic N) is 3. The predicted octanol–water partition coefficient (Wildman–Crippen LogP) is 4.89. The van der Waals surface area contributed by atoms with E-state index in [0.717, 1.165) is 30.7 Å². The summed E-state index contributed by atoms with van der Waals surface area (Å²) in [4.78, 5) is 20.8. The van der Waals surface area contributed by atoms with Gasteiger partial charge in [0.05, 0.1) is 23.4 Å². The number of hydrogen-bond acceptors (Lipinski definition) is 6. The maximum absolute atomic E-state index is 13.1. The molecule has 2 unspecified atom stereocenters. The molecule has 3 heterocycles. The minimum absolute atomic E-state index is 0.0194. The molecule has 3 aromatic rings. The van der Waals surface area contributed by atoms with Crippen LogP contribution in [0.2, 0.25) is 0 Å². The van der Waals surface area contributed by atoms with Crippen LogP contribution in [-0.4, -0.2) is 34.0 Å². The second-order valence-corrected chi connectivity index (χ2v) is 9.32. The second-order valence-electron chi connectivity index (χ2n) is 8.38. The average Bonchev–Trinajstić information content (AvgIpc) is 3.46. The van der Waals surface area contributed by atoms with Crippen LogP contribution in [0.1, 0.15) is 54.8 Å². The van der Waals surface area contributed by atoms with Crippen molar-refractivity contribution in [1.29, 1.82) is 0 Å². The van der Waals surface area contributed by atoms with Crippen LogP contribution in [0.25, 0.3) is 10.7 Å². The van der Waals surface area contributed by atoms with Gasteiger partial charge in [0.25, 0.3) is 0 Å². The first-order valence-electron chi connectivity index (χ1n) is 11.0. The van der Waals surface area contributed by atoms with Gasteiger partial charge in [-0.3, -0.25) is 9.69 Å². The van der Waals surface area contributed by atoms with Crippen molar-refractivity contribution in [3.05, 3.63) is 58.3 Å². The fourth-order valence-electron chi connectivity index (χ4n) is 4.12. The first-order valence-corrected chi connectivity index (χ1v) is 11.9. The zero-order valence-corrected chi connectivity index (χ0v) is 19.2. The lowest BCUT2D eigenvalue weighted by Crippen LogP contribution is -2.43. The first-order chi connectivity index (χ1) is 15.0. The number of carbonyl (C=O) groups is 1. The van der Waals surface area contributed by atoms with Crippen LogP contribution >= 0.6 is 11.3 Å². The number of hydrogen-bond donors (Lipinski definition) is 1. The molecule has 1 amide bonds. The SMILES string of the molecule is CCC(NC(=O)C1CCCN(Cc2nc(-c3cccs3)no2)C1)c1ccc(C)c(C)c1. The molecular weight excluding hydrogens is 408 g/mol. The van der Waals surface area contributed by atoms with Crippen LogP contribution < -0.4 is 5.32 Å². The summed E-state index contributed by atoms with van der Waals surface area (Å²) in [6.45, 7) is 8.58. The quantitative estimate of drug-likeness (QED) is 0.568. The van der Waals surface area contributed by atoms with Gasteiger partial charge in [0.2, 0.25) is 17.6 Å². The van der Waals surface area contributed by atoms with Crippen LogP contribution in [0.5, 0.6) is 0 Å². The minimum Gasteiger partial charge on any atom is -0.349 e. The smallest absolute Gasteiger partial charge is 0.241 e. The molecule has 1 fully saturated rings. The Bertz CT molecular complexity index is 1010. The normalized spacial score (nSPS) is 18.1. The largest absolute Gasteiger partial charge is 0.349 e. The van der Waals surface area contributed by atoms with E-state index in [1.807, 2.05) is 17.5 Å². The summed E-state index contributed by atoms with van der Waals surface area (Å²) in [5.41, 5.74) is 3.71. The van der Waals surface area contributed by atoms with Crippen molar-refractivity contribution in [3.63, 3.8) is 0 Å². The molecule has 31 heavy (non-hydrogen) atoms. The zero-order valence-electron chi connectivity index (χ0n) is 18.4. The molecule has 1 aliphatic rings. The summed E-state index contributed by atoms with van der Waals surface area (Å²) in [6, 6.07) is 10.5. The van der Waals surface area contributed by atoms with Crippen molar-refractivity contribution in [2.75, 3.05) is 13.1 Å². The lowest BCUT2D eigenvalue weighted by molar-refractivity contribution is -0.127. The molecule has 0 saturated carbocycles. The van der Waals surface area contributed by atoms with E-state index in [1.165, 1.54) is 16.7 Å². The zero-order chi connectivity index (χ0) is 21.8. The van der Waals surface area contributed by atoms with Crippen molar-refractivity contribution < 1.29 is 9.32 Å². The Balaban J connectivity index is 1.36. The molecule has 0 spiro atoms. The fraction of sp³-hybridized carbons (Fsp3) is 0.458. The third-order valence-corrected chi connectivity index (χ3v) is 6.97. The van der Waals surface area contributed by atoms with Gasteiger partial charge in [0.1, 0.15) is 0 Å². The summed E-state index contributed by atoms with van der Waals surface area (Å²) in [6.07, 6.45) is 2.78. The molecule has 2 atom stereocenters. The number of amides is 1. The lowest BCUT2D eigenvalue weighted by Gasteiger charge is -2.32. The second kappa shape index (κ2) is 9.75. The molecular formula is C24H30N4O2S. The highest BCUT2D eigenvalue weighted by atomic mass is 32.1. The van der Waals surface area contributed by atoms with Crippen molar-refractivity contribution in [2.24, 2.45) is 5.92 Å². The van der Waals surface area contributed by atoms with E-state index in [-0.39, 0.29) is 17.9 Å². The lowest BCUT2D eigenvalue weighted by atomic mass is 9.95. The van der Waals surface area contributed by atoms with Gasteiger partial charge in [-0.2, -0.15) is 4.98 Å². The summed E-state index contributed by atoms with van der Waals surface area (Å²) in [5.74, 6) is 1.36. The Morgan fingerprint density at radius 1 is 1.32 bits per heavy atom. The van der Waals surface area contributed by atoms with Gasteiger partial charge in [-0.25, -0.2) is 0 Å². The van der Waals surface area contributed by atoms with Gasteiger partial charge in [0.15, 0.2) is 0 Å². The number of aryl methyl sites for hydroxylation is 2. The standard InChI is InChI=1S/C24H30N4O2S/c1-4-20(18-10-9-16(2)17(3)13-18)25-24(29)19-7-5-11-28(14-19)15-22-26-23(27-30-22)21-8-6-12-31-21/h6,8-10,12-13,19-20H,4-5,7,11,14-15H2,1-3H3,(H,25,29). The topological polar surface area (TPSA) is 71.3 Å². The van der Waals surface area contributed by atoms with Gasteiger partial charge in [-0.1, -0.05) is 36.3 Å². The number of likely N-dealkylation sites (tertiary alicyclic amines) is 1. The summed E-state index contributed by atoms with van der Waals surface area (Å²) in [5, 5.41) is 9.39. The van der Waals surface area contributed by atoms with Crippen molar-refractivity contribution in [1.82, 2.24) is 20.4 Å².